The highest BCUT2D eigenvalue weighted by Crippen LogP contribution is 2.19. The third-order valence-electron chi connectivity index (χ3n) is 3.47. The fourth-order valence-corrected chi connectivity index (χ4v) is 2.82. The number of rotatable bonds is 3. The van der Waals surface area contributed by atoms with E-state index in [1.165, 1.54) is 19.3 Å². The third-order valence-corrected chi connectivity index (χ3v) is 4.87. The number of carbonyl (C=O) groups is 1. The van der Waals surface area contributed by atoms with Gasteiger partial charge in [0.25, 0.3) is 0 Å². The predicted molar refractivity (Wildman–Crippen MR) is 74.9 cm³/mol. The van der Waals surface area contributed by atoms with E-state index in [1.54, 1.807) is 18.0 Å². The van der Waals surface area contributed by atoms with Crippen molar-refractivity contribution >= 4 is 21.7 Å². The number of hydrogen-bond acceptors (Lipinski definition) is 5. The lowest BCUT2D eigenvalue weighted by molar-refractivity contribution is -0.132. The smallest absolute Gasteiger partial charge is 0.244 e. The summed E-state index contributed by atoms with van der Waals surface area (Å²) in [7, 11) is -0.363. The van der Waals surface area contributed by atoms with Crippen molar-refractivity contribution < 1.29 is 13.2 Å². The number of sulfonamides is 1. The van der Waals surface area contributed by atoms with Gasteiger partial charge >= 0.3 is 0 Å². The van der Waals surface area contributed by atoms with Crippen LogP contribution in [0, 0.1) is 0 Å². The third kappa shape index (κ3) is 2.61. The molecular formula is C12H18N4O3S. The highest BCUT2D eigenvalue weighted by atomic mass is 32.2. The number of nitrogens with zero attached hydrogens (tertiary/aromatic N) is 3. The summed E-state index contributed by atoms with van der Waals surface area (Å²) in [6, 6.07) is 2.82. The van der Waals surface area contributed by atoms with Crippen molar-refractivity contribution in [3.05, 3.63) is 18.3 Å². The molecule has 0 bridgehead atoms. The van der Waals surface area contributed by atoms with E-state index >= 15 is 0 Å². The zero-order valence-corrected chi connectivity index (χ0v) is 12.5. The Hall–Kier alpha value is -1.67. The Balaban J connectivity index is 2.25. The van der Waals surface area contributed by atoms with Crippen LogP contribution in [0.4, 0.5) is 5.82 Å². The number of likely N-dealkylation sites (N-methyl/N-ethyl adjacent to an activating group) is 1. The van der Waals surface area contributed by atoms with Crippen LogP contribution in [-0.4, -0.2) is 57.4 Å². The Morgan fingerprint density at radius 1 is 1.35 bits per heavy atom. The Kier molecular flexibility index (Phi) is 3.96. The van der Waals surface area contributed by atoms with E-state index in [0.717, 1.165) is 0 Å². The highest BCUT2D eigenvalue weighted by Gasteiger charge is 2.30. The molecule has 7 nitrogen and oxygen atoms in total. The van der Waals surface area contributed by atoms with Gasteiger partial charge in [-0.2, -0.15) is 0 Å². The summed E-state index contributed by atoms with van der Waals surface area (Å²) in [6.07, 6.45) is 1.30. The zero-order valence-electron chi connectivity index (χ0n) is 11.7. The molecule has 1 amide bonds. The van der Waals surface area contributed by atoms with Gasteiger partial charge in [-0.05, 0) is 26.1 Å². The van der Waals surface area contributed by atoms with Gasteiger partial charge in [0.1, 0.15) is 16.8 Å². The number of aromatic nitrogens is 1. The van der Waals surface area contributed by atoms with Crippen LogP contribution < -0.4 is 9.62 Å². The van der Waals surface area contributed by atoms with E-state index in [0.29, 0.717) is 18.9 Å². The summed E-state index contributed by atoms with van der Waals surface area (Å²) in [6.45, 7) is 3.12. The SMILES string of the molecule is CNS(=O)(=O)c1ccc(N2CCN(C)C(=O)C2C)nc1. The number of hydrogen-bond donors (Lipinski definition) is 1. The molecule has 1 aliphatic heterocycles. The first-order valence-corrected chi connectivity index (χ1v) is 7.76. The van der Waals surface area contributed by atoms with Gasteiger partial charge in [0.05, 0.1) is 0 Å². The summed E-state index contributed by atoms with van der Waals surface area (Å²) in [4.78, 5) is 19.8. The number of pyridine rings is 1. The lowest BCUT2D eigenvalue weighted by Crippen LogP contribution is -2.54. The maximum absolute atomic E-state index is 11.9. The standard InChI is InChI=1S/C12H18N4O3S/c1-9-12(17)15(3)6-7-16(9)11-5-4-10(8-14-11)20(18,19)13-2/h4-5,8-9,13H,6-7H2,1-3H3. The van der Waals surface area contributed by atoms with Crippen LogP contribution in [0.5, 0.6) is 0 Å². The molecule has 0 radical (unpaired) electrons. The van der Waals surface area contributed by atoms with Gasteiger partial charge in [-0.15, -0.1) is 0 Å². The number of amides is 1. The van der Waals surface area contributed by atoms with Gasteiger partial charge in [0.15, 0.2) is 0 Å². The minimum atomic E-state index is -3.48. The lowest BCUT2D eigenvalue weighted by atomic mass is 10.2. The Morgan fingerprint density at radius 2 is 2.05 bits per heavy atom. The minimum Gasteiger partial charge on any atom is -0.343 e. The average Bonchev–Trinajstić information content (AvgIpc) is 2.45. The zero-order chi connectivity index (χ0) is 14.9. The number of anilines is 1. The van der Waals surface area contributed by atoms with E-state index in [4.69, 9.17) is 0 Å². The second-order valence-corrected chi connectivity index (χ2v) is 6.58. The number of piperazine rings is 1. The second kappa shape index (κ2) is 5.37. The molecule has 8 heteroatoms. The molecule has 2 heterocycles. The van der Waals surface area contributed by atoms with Crippen LogP contribution >= 0.6 is 0 Å². The number of carbonyl (C=O) groups excluding carboxylic acids is 1. The maximum atomic E-state index is 11.9. The van der Waals surface area contributed by atoms with Crippen LogP contribution in [0.2, 0.25) is 0 Å². The van der Waals surface area contributed by atoms with Crippen LogP contribution in [0.1, 0.15) is 6.92 Å². The summed E-state index contributed by atoms with van der Waals surface area (Å²) in [5.41, 5.74) is 0. The topological polar surface area (TPSA) is 82.6 Å². The van der Waals surface area contributed by atoms with Gasteiger partial charge in [0.2, 0.25) is 15.9 Å². The normalized spacial score (nSPS) is 20.4. The summed E-state index contributed by atoms with van der Waals surface area (Å²) in [5.74, 6) is 0.638. The van der Waals surface area contributed by atoms with Gasteiger partial charge in [0, 0.05) is 26.3 Å². The van der Waals surface area contributed by atoms with Crippen molar-refractivity contribution in [2.24, 2.45) is 0 Å². The van der Waals surface area contributed by atoms with Crippen molar-refractivity contribution in [1.29, 1.82) is 0 Å². The highest BCUT2D eigenvalue weighted by molar-refractivity contribution is 7.89. The summed E-state index contributed by atoms with van der Waals surface area (Å²) >= 11 is 0. The minimum absolute atomic E-state index is 0.0324. The molecule has 1 aliphatic rings. The van der Waals surface area contributed by atoms with Gasteiger partial charge in [-0.1, -0.05) is 0 Å². The predicted octanol–water partition coefficient (Wildman–Crippen LogP) is -0.343. The first-order chi connectivity index (χ1) is 9.36. The Labute approximate surface area is 118 Å². The largest absolute Gasteiger partial charge is 0.343 e. The molecule has 1 atom stereocenters. The summed E-state index contributed by atoms with van der Waals surface area (Å²) in [5, 5.41) is 0. The fraction of sp³-hybridized carbons (Fsp3) is 0.500. The van der Waals surface area contributed by atoms with E-state index < -0.39 is 10.0 Å². The molecule has 0 aliphatic carbocycles. The van der Waals surface area contributed by atoms with E-state index in [9.17, 15) is 13.2 Å². The van der Waals surface area contributed by atoms with Crippen molar-refractivity contribution in [2.75, 3.05) is 32.1 Å². The van der Waals surface area contributed by atoms with Crippen LogP contribution in [0.25, 0.3) is 0 Å². The molecule has 0 spiro atoms. The van der Waals surface area contributed by atoms with Crippen molar-refractivity contribution in [2.45, 2.75) is 17.9 Å². The first-order valence-electron chi connectivity index (χ1n) is 6.28. The van der Waals surface area contributed by atoms with Crippen molar-refractivity contribution in [1.82, 2.24) is 14.6 Å². The average molecular weight is 298 g/mol. The molecule has 1 N–H and O–H groups in total. The van der Waals surface area contributed by atoms with E-state index in [2.05, 4.69) is 9.71 Å². The lowest BCUT2D eigenvalue weighted by Gasteiger charge is -2.38. The molecule has 1 aromatic rings. The van der Waals surface area contributed by atoms with Gasteiger partial charge < -0.3 is 9.80 Å². The molecule has 1 fully saturated rings. The Bertz CT molecular complexity index is 600. The number of nitrogens with one attached hydrogen (secondary N) is 1. The summed E-state index contributed by atoms with van der Waals surface area (Å²) < 4.78 is 25.5. The first kappa shape index (κ1) is 14.7. The monoisotopic (exact) mass is 298 g/mol. The van der Waals surface area contributed by atoms with Crippen molar-refractivity contribution in [3.63, 3.8) is 0 Å². The van der Waals surface area contributed by atoms with E-state index in [-0.39, 0.29) is 16.8 Å². The quantitative estimate of drug-likeness (QED) is 0.825. The van der Waals surface area contributed by atoms with E-state index in [1.807, 2.05) is 11.8 Å². The Morgan fingerprint density at radius 3 is 2.60 bits per heavy atom. The molecule has 1 aromatic heterocycles. The van der Waals surface area contributed by atoms with Crippen LogP contribution in [-0.2, 0) is 14.8 Å². The molecule has 20 heavy (non-hydrogen) atoms. The molecule has 2 rings (SSSR count). The van der Waals surface area contributed by atoms with Gasteiger partial charge in [-0.25, -0.2) is 18.1 Å². The molecule has 1 unspecified atom stereocenters. The van der Waals surface area contributed by atoms with Gasteiger partial charge in [-0.3, -0.25) is 4.79 Å². The fourth-order valence-electron chi connectivity index (χ4n) is 2.15. The van der Waals surface area contributed by atoms with Crippen LogP contribution in [0.15, 0.2) is 23.2 Å². The molecule has 1 saturated heterocycles. The van der Waals surface area contributed by atoms with Crippen molar-refractivity contribution in [3.8, 4) is 0 Å². The molecule has 0 saturated carbocycles. The second-order valence-electron chi connectivity index (χ2n) is 4.69. The maximum Gasteiger partial charge on any atom is 0.244 e. The van der Waals surface area contributed by atoms with Crippen LogP contribution in [0.3, 0.4) is 0 Å². The molecule has 110 valence electrons. The molecule has 0 aromatic carbocycles. The molecular weight excluding hydrogens is 280 g/mol.